The highest BCUT2D eigenvalue weighted by Crippen LogP contribution is 2.29. The van der Waals surface area contributed by atoms with E-state index in [0.29, 0.717) is 5.92 Å². The first-order valence-electron chi connectivity index (χ1n) is 6.05. The fourth-order valence-corrected chi connectivity index (χ4v) is 2.54. The van der Waals surface area contributed by atoms with Gasteiger partial charge in [0.1, 0.15) is 0 Å². The molecule has 0 fully saturated rings. The Morgan fingerprint density at radius 2 is 1.94 bits per heavy atom. The number of hydrogen-bond donors (Lipinski definition) is 1. The van der Waals surface area contributed by atoms with Crippen molar-refractivity contribution in [1.82, 2.24) is 0 Å². The van der Waals surface area contributed by atoms with Crippen LogP contribution in [0.3, 0.4) is 0 Å². The predicted molar refractivity (Wildman–Crippen MR) is 64.5 cm³/mol. The second-order valence-corrected chi connectivity index (χ2v) is 4.64. The van der Waals surface area contributed by atoms with Crippen molar-refractivity contribution in [1.29, 1.82) is 0 Å². The minimum absolute atomic E-state index is 0.178. The Morgan fingerprint density at radius 1 is 1.31 bits per heavy atom. The standard InChI is InChI=1S/C14H20O2/c1-16-8-4-7-14(15)13-9-11-5-2-3-6-12(11)10-13/h2-3,5-6,13-15H,4,7-10H2,1H3. The molecule has 1 aliphatic carbocycles. The van der Waals surface area contributed by atoms with E-state index in [0.717, 1.165) is 32.3 Å². The minimum atomic E-state index is -0.178. The van der Waals surface area contributed by atoms with Gasteiger partial charge in [0.15, 0.2) is 0 Å². The number of benzene rings is 1. The summed E-state index contributed by atoms with van der Waals surface area (Å²) in [6.45, 7) is 0.747. The van der Waals surface area contributed by atoms with E-state index in [2.05, 4.69) is 24.3 Å². The van der Waals surface area contributed by atoms with Crippen LogP contribution in [0.1, 0.15) is 24.0 Å². The molecule has 88 valence electrons. The maximum absolute atomic E-state index is 10.1. The summed E-state index contributed by atoms with van der Waals surface area (Å²) in [7, 11) is 1.71. The zero-order valence-corrected chi connectivity index (χ0v) is 9.86. The van der Waals surface area contributed by atoms with Crippen LogP contribution in [0.2, 0.25) is 0 Å². The van der Waals surface area contributed by atoms with Gasteiger partial charge in [-0.2, -0.15) is 0 Å². The zero-order valence-electron chi connectivity index (χ0n) is 9.86. The number of rotatable bonds is 5. The van der Waals surface area contributed by atoms with Crippen molar-refractivity contribution in [3.05, 3.63) is 35.4 Å². The van der Waals surface area contributed by atoms with E-state index in [1.807, 2.05) is 0 Å². The fraction of sp³-hybridized carbons (Fsp3) is 0.571. The molecule has 2 nitrogen and oxygen atoms in total. The molecule has 1 aromatic rings. The lowest BCUT2D eigenvalue weighted by molar-refractivity contribution is 0.0890. The Hall–Kier alpha value is -0.860. The minimum Gasteiger partial charge on any atom is -0.393 e. The van der Waals surface area contributed by atoms with Gasteiger partial charge in [-0.15, -0.1) is 0 Å². The van der Waals surface area contributed by atoms with Crippen LogP contribution in [0.15, 0.2) is 24.3 Å². The van der Waals surface area contributed by atoms with Crippen LogP contribution < -0.4 is 0 Å². The molecule has 0 heterocycles. The van der Waals surface area contributed by atoms with Crippen molar-refractivity contribution < 1.29 is 9.84 Å². The molecule has 2 heteroatoms. The summed E-state index contributed by atoms with van der Waals surface area (Å²) in [5.74, 6) is 0.411. The molecule has 2 rings (SSSR count). The molecule has 1 unspecified atom stereocenters. The number of aliphatic hydroxyl groups is 1. The molecule has 1 N–H and O–H groups in total. The summed E-state index contributed by atoms with van der Waals surface area (Å²) in [5.41, 5.74) is 2.83. The number of hydrogen-bond acceptors (Lipinski definition) is 2. The quantitative estimate of drug-likeness (QED) is 0.771. The molecule has 0 aromatic heterocycles. The third kappa shape index (κ3) is 2.63. The van der Waals surface area contributed by atoms with Gasteiger partial charge in [-0.05, 0) is 42.7 Å². The van der Waals surface area contributed by atoms with E-state index in [1.165, 1.54) is 11.1 Å². The lowest BCUT2D eigenvalue weighted by Gasteiger charge is -2.17. The van der Waals surface area contributed by atoms with Gasteiger partial charge in [0.2, 0.25) is 0 Å². The largest absolute Gasteiger partial charge is 0.393 e. The van der Waals surface area contributed by atoms with E-state index in [1.54, 1.807) is 7.11 Å². The van der Waals surface area contributed by atoms with E-state index in [9.17, 15) is 5.11 Å². The van der Waals surface area contributed by atoms with Crippen LogP contribution in [0.4, 0.5) is 0 Å². The fourth-order valence-electron chi connectivity index (χ4n) is 2.54. The van der Waals surface area contributed by atoms with Gasteiger partial charge in [0.25, 0.3) is 0 Å². The molecule has 0 amide bonds. The first-order chi connectivity index (χ1) is 7.81. The topological polar surface area (TPSA) is 29.5 Å². The maximum Gasteiger partial charge on any atom is 0.0575 e. The van der Waals surface area contributed by atoms with Crippen LogP contribution in [0.5, 0.6) is 0 Å². The molecule has 0 aliphatic heterocycles. The van der Waals surface area contributed by atoms with E-state index >= 15 is 0 Å². The second-order valence-electron chi connectivity index (χ2n) is 4.64. The molecule has 0 saturated heterocycles. The second kappa shape index (κ2) is 5.46. The summed E-state index contributed by atoms with van der Waals surface area (Å²) in [4.78, 5) is 0. The molecule has 0 saturated carbocycles. The van der Waals surface area contributed by atoms with Crippen LogP contribution in [-0.4, -0.2) is 24.9 Å². The summed E-state index contributed by atoms with van der Waals surface area (Å²) in [6.07, 6.45) is 3.69. The summed E-state index contributed by atoms with van der Waals surface area (Å²) < 4.78 is 5.01. The number of aliphatic hydroxyl groups excluding tert-OH is 1. The molecule has 1 aromatic carbocycles. The maximum atomic E-state index is 10.1. The molecule has 1 atom stereocenters. The molecule has 16 heavy (non-hydrogen) atoms. The third-order valence-electron chi connectivity index (χ3n) is 3.48. The van der Waals surface area contributed by atoms with Crippen molar-refractivity contribution in [2.75, 3.05) is 13.7 Å². The number of fused-ring (bicyclic) bond motifs is 1. The van der Waals surface area contributed by atoms with E-state index in [4.69, 9.17) is 4.74 Å². The Morgan fingerprint density at radius 3 is 2.50 bits per heavy atom. The summed E-state index contributed by atoms with van der Waals surface area (Å²) in [6, 6.07) is 8.52. The first-order valence-corrected chi connectivity index (χ1v) is 6.05. The number of methoxy groups -OCH3 is 1. The van der Waals surface area contributed by atoms with E-state index < -0.39 is 0 Å². The van der Waals surface area contributed by atoms with Gasteiger partial charge in [-0.3, -0.25) is 0 Å². The Balaban J connectivity index is 1.86. The highest BCUT2D eigenvalue weighted by molar-refractivity contribution is 5.32. The average Bonchev–Trinajstić information content (AvgIpc) is 2.73. The number of ether oxygens (including phenoxy) is 1. The van der Waals surface area contributed by atoms with Crippen LogP contribution in [-0.2, 0) is 17.6 Å². The monoisotopic (exact) mass is 220 g/mol. The van der Waals surface area contributed by atoms with Crippen molar-refractivity contribution in [3.63, 3.8) is 0 Å². The smallest absolute Gasteiger partial charge is 0.0575 e. The van der Waals surface area contributed by atoms with Crippen molar-refractivity contribution >= 4 is 0 Å². The van der Waals surface area contributed by atoms with Crippen molar-refractivity contribution in [3.8, 4) is 0 Å². The molecule has 0 radical (unpaired) electrons. The molecular weight excluding hydrogens is 200 g/mol. The van der Waals surface area contributed by atoms with Crippen LogP contribution in [0, 0.1) is 5.92 Å². The summed E-state index contributed by atoms with van der Waals surface area (Å²) >= 11 is 0. The molecule has 0 bridgehead atoms. The van der Waals surface area contributed by atoms with Gasteiger partial charge < -0.3 is 9.84 Å². The van der Waals surface area contributed by atoms with Crippen LogP contribution in [0.25, 0.3) is 0 Å². The predicted octanol–water partition coefficient (Wildman–Crippen LogP) is 2.19. The lowest BCUT2D eigenvalue weighted by atomic mass is 9.96. The summed E-state index contributed by atoms with van der Waals surface area (Å²) in [5, 5.41) is 10.1. The van der Waals surface area contributed by atoms with Gasteiger partial charge in [-0.25, -0.2) is 0 Å². The third-order valence-corrected chi connectivity index (χ3v) is 3.48. The van der Waals surface area contributed by atoms with Gasteiger partial charge >= 0.3 is 0 Å². The molecule has 1 aliphatic rings. The molecule has 0 spiro atoms. The van der Waals surface area contributed by atoms with Gasteiger partial charge in [0, 0.05) is 13.7 Å². The zero-order chi connectivity index (χ0) is 11.4. The highest BCUT2D eigenvalue weighted by atomic mass is 16.5. The van der Waals surface area contributed by atoms with Crippen molar-refractivity contribution in [2.24, 2.45) is 5.92 Å². The van der Waals surface area contributed by atoms with Gasteiger partial charge in [0.05, 0.1) is 6.10 Å². The Kier molecular flexibility index (Phi) is 3.97. The van der Waals surface area contributed by atoms with Crippen molar-refractivity contribution in [2.45, 2.75) is 31.8 Å². The highest BCUT2D eigenvalue weighted by Gasteiger charge is 2.26. The SMILES string of the molecule is COCCCC(O)C1Cc2ccccc2C1. The van der Waals surface area contributed by atoms with Gasteiger partial charge in [-0.1, -0.05) is 24.3 Å². The van der Waals surface area contributed by atoms with Crippen LogP contribution >= 0.6 is 0 Å². The van der Waals surface area contributed by atoms with E-state index in [-0.39, 0.29) is 6.10 Å². The average molecular weight is 220 g/mol. The Bertz CT molecular complexity index is 310. The first kappa shape index (κ1) is 11.6. The lowest BCUT2D eigenvalue weighted by Crippen LogP contribution is -2.21. The Labute approximate surface area is 97.3 Å². The normalized spacial score (nSPS) is 17.4. The molecular formula is C14H20O2.